The molecular formula is C23H30Cl2N6O. The monoisotopic (exact) mass is 476 g/mol. The molecule has 0 unspecified atom stereocenters. The van der Waals surface area contributed by atoms with Crippen molar-refractivity contribution >= 4 is 40.6 Å². The maximum absolute atomic E-state index is 12.1. The van der Waals surface area contributed by atoms with Crippen molar-refractivity contribution in [2.45, 2.75) is 19.3 Å². The van der Waals surface area contributed by atoms with Crippen molar-refractivity contribution < 1.29 is 4.79 Å². The Bertz CT molecular complexity index is 883. The molecular weight excluding hydrogens is 447 g/mol. The van der Waals surface area contributed by atoms with Crippen LogP contribution in [0.15, 0.2) is 42.7 Å². The first-order valence-corrected chi connectivity index (χ1v) is 12.0. The molecule has 2 fully saturated rings. The third-order valence-corrected chi connectivity index (χ3v) is 7.10. The smallest absolute Gasteiger partial charge is 0.333 e. The fourth-order valence-electron chi connectivity index (χ4n) is 4.39. The first-order valence-electron chi connectivity index (χ1n) is 11.2. The number of piperidine rings is 1. The summed E-state index contributed by atoms with van der Waals surface area (Å²) < 4.78 is 0. The van der Waals surface area contributed by atoms with Gasteiger partial charge in [0.05, 0.1) is 27.6 Å². The zero-order valence-corrected chi connectivity index (χ0v) is 19.7. The highest BCUT2D eigenvalue weighted by Gasteiger charge is 2.23. The summed E-state index contributed by atoms with van der Waals surface area (Å²) in [6, 6.07) is 9.24. The Morgan fingerprint density at radius 3 is 2.53 bits per heavy atom. The second-order valence-electron chi connectivity index (χ2n) is 8.43. The van der Waals surface area contributed by atoms with Gasteiger partial charge in [-0.05, 0) is 56.0 Å². The molecule has 1 aromatic carbocycles. The Morgan fingerprint density at radius 2 is 1.81 bits per heavy atom. The fraction of sp³-hybridized carbons (Fsp3) is 0.478. The normalized spacial score (nSPS) is 18.5. The lowest BCUT2D eigenvalue weighted by atomic mass is 9.94. The summed E-state index contributed by atoms with van der Waals surface area (Å²) in [7, 11) is 0. The highest BCUT2D eigenvalue weighted by Crippen LogP contribution is 2.33. The van der Waals surface area contributed by atoms with Crippen molar-refractivity contribution in [1.82, 2.24) is 20.3 Å². The summed E-state index contributed by atoms with van der Waals surface area (Å²) in [5.41, 5.74) is 4.67. The van der Waals surface area contributed by atoms with Crippen LogP contribution in [0.2, 0.25) is 10.0 Å². The predicted molar refractivity (Wildman–Crippen MR) is 130 cm³/mol. The number of halogens is 2. The van der Waals surface area contributed by atoms with Gasteiger partial charge in [-0.25, -0.2) is 9.80 Å². The van der Waals surface area contributed by atoms with Gasteiger partial charge >= 0.3 is 6.03 Å². The molecule has 2 amide bonds. The quantitative estimate of drug-likeness (QED) is 0.648. The van der Waals surface area contributed by atoms with Crippen LogP contribution in [0.5, 0.6) is 0 Å². The van der Waals surface area contributed by atoms with E-state index >= 15 is 0 Å². The van der Waals surface area contributed by atoms with Gasteiger partial charge in [-0.15, -0.1) is 0 Å². The van der Waals surface area contributed by atoms with Gasteiger partial charge in [-0.2, -0.15) is 0 Å². The number of rotatable bonds is 6. The van der Waals surface area contributed by atoms with E-state index in [1.807, 2.05) is 29.3 Å². The van der Waals surface area contributed by atoms with Crippen LogP contribution < -0.4 is 15.6 Å². The number of hydrogen-bond acceptors (Lipinski definition) is 5. The Kier molecular flexibility index (Phi) is 8.08. The molecule has 4 rings (SSSR count). The molecule has 2 aromatic rings. The highest BCUT2D eigenvalue weighted by atomic mass is 35.5. The van der Waals surface area contributed by atoms with Crippen LogP contribution in [0, 0.1) is 5.92 Å². The topological polar surface area (TPSA) is 63.7 Å². The van der Waals surface area contributed by atoms with Crippen LogP contribution in [0.3, 0.4) is 0 Å². The van der Waals surface area contributed by atoms with Crippen molar-refractivity contribution in [3.63, 3.8) is 0 Å². The van der Waals surface area contributed by atoms with E-state index in [1.165, 1.54) is 6.42 Å². The minimum atomic E-state index is -0.214. The maximum Gasteiger partial charge on any atom is 0.333 e. The molecule has 3 heterocycles. The van der Waals surface area contributed by atoms with E-state index in [4.69, 9.17) is 23.2 Å². The molecule has 172 valence electrons. The molecule has 2 N–H and O–H groups in total. The van der Waals surface area contributed by atoms with Crippen LogP contribution in [0.25, 0.3) is 0 Å². The highest BCUT2D eigenvalue weighted by molar-refractivity contribution is 6.43. The first kappa shape index (κ1) is 23.1. The van der Waals surface area contributed by atoms with Crippen LogP contribution >= 0.6 is 23.2 Å². The number of carbonyl (C=O) groups excluding carboxylic acids is 1. The van der Waals surface area contributed by atoms with Crippen molar-refractivity contribution in [1.29, 1.82) is 0 Å². The molecule has 2 aliphatic heterocycles. The van der Waals surface area contributed by atoms with Gasteiger partial charge in [0.1, 0.15) is 0 Å². The average molecular weight is 477 g/mol. The average Bonchev–Trinajstić information content (AvgIpc) is 2.81. The third-order valence-electron chi connectivity index (χ3n) is 6.29. The Balaban J connectivity index is 1.13. The number of piperazine rings is 1. The Morgan fingerprint density at radius 1 is 1.03 bits per heavy atom. The minimum Gasteiger partial charge on any atom is -0.368 e. The van der Waals surface area contributed by atoms with E-state index in [1.54, 1.807) is 18.5 Å². The number of benzene rings is 1. The van der Waals surface area contributed by atoms with Crippen LogP contribution in [0.1, 0.15) is 19.3 Å². The minimum absolute atomic E-state index is 0.214. The molecule has 7 nitrogen and oxygen atoms in total. The molecule has 0 spiro atoms. The van der Waals surface area contributed by atoms with Crippen molar-refractivity contribution in [3.05, 3.63) is 52.8 Å². The second-order valence-corrected chi connectivity index (χ2v) is 9.21. The summed E-state index contributed by atoms with van der Waals surface area (Å²) in [6.45, 7) is 6.90. The van der Waals surface area contributed by atoms with E-state index in [-0.39, 0.29) is 6.03 Å². The number of urea groups is 1. The number of hydrogen-bond donors (Lipinski definition) is 2. The van der Waals surface area contributed by atoms with Crippen LogP contribution in [-0.2, 0) is 0 Å². The van der Waals surface area contributed by atoms with Crippen LogP contribution in [-0.4, -0.2) is 66.7 Å². The van der Waals surface area contributed by atoms with E-state index in [2.05, 4.69) is 25.5 Å². The first-order chi connectivity index (χ1) is 15.6. The SMILES string of the molecule is O=C(Nc1cccnc1)NN1CCC(CCN2CCN(c3cccc(Cl)c3Cl)CC2)CC1. The van der Waals surface area contributed by atoms with E-state index < -0.39 is 0 Å². The van der Waals surface area contributed by atoms with Gasteiger partial charge in [-0.1, -0.05) is 29.3 Å². The van der Waals surface area contributed by atoms with Gasteiger partial charge in [0.2, 0.25) is 0 Å². The number of hydrazine groups is 1. The molecule has 0 atom stereocenters. The van der Waals surface area contributed by atoms with Gasteiger partial charge < -0.3 is 10.2 Å². The molecule has 0 radical (unpaired) electrons. The molecule has 2 aliphatic rings. The third kappa shape index (κ3) is 6.25. The summed E-state index contributed by atoms with van der Waals surface area (Å²) in [5.74, 6) is 0.704. The van der Waals surface area contributed by atoms with E-state index in [0.717, 1.165) is 64.3 Å². The number of aromatic nitrogens is 1. The number of nitrogens with zero attached hydrogens (tertiary/aromatic N) is 4. The standard InChI is InChI=1S/C23H30Cl2N6O/c24-20-4-1-5-21(22(20)25)30-15-13-29(14-16-30)10-6-18-7-11-31(12-8-18)28-23(32)27-19-3-2-9-26-17-19/h1-5,9,17-18H,6-8,10-16H2,(H2,27,28,32). The zero-order valence-electron chi connectivity index (χ0n) is 18.1. The lowest BCUT2D eigenvalue weighted by Crippen LogP contribution is -2.49. The van der Waals surface area contributed by atoms with E-state index in [0.29, 0.717) is 21.7 Å². The summed E-state index contributed by atoms with van der Waals surface area (Å²) in [4.78, 5) is 21.0. The summed E-state index contributed by atoms with van der Waals surface area (Å²) >= 11 is 12.6. The van der Waals surface area contributed by atoms with E-state index in [9.17, 15) is 4.79 Å². The number of nitrogens with one attached hydrogen (secondary N) is 2. The van der Waals surface area contributed by atoms with Gasteiger partial charge in [0.25, 0.3) is 0 Å². The molecule has 32 heavy (non-hydrogen) atoms. The molecule has 0 aliphatic carbocycles. The number of pyridine rings is 1. The Hall–Kier alpha value is -2.06. The lowest BCUT2D eigenvalue weighted by molar-refractivity contribution is 0.125. The van der Waals surface area contributed by atoms with Crippen molar-refractivity contribution in [2.24, 2.45) is 5.92 Å². The van der Waals surface area contributed by atoms with Gasteiger partial charge in [-0.3, -0.25) is 15.3 Å². The molecule has 0 saturated carbocycles. The molecule has 2 saturated heterocycles. The second kappa shape index (κ2) is 11.2. The number of anilines is 2. The van der Waals surface area contributed by atoms with Gasteiger partial charge in [0, 0.05) is 45.5 Å². The van der Waals surface area contributed by atoms with Crippen LogP contribution in [0.4, 0.5) is 16.2 Å². The molecule has 1 aromatic heterocycles. The maximum atomic E-state index is 12.1. The summed E-state index contributed by atoms with van der Waals surface area (Å²) in [5, 5.41) is 6.08. The van der Waals surface area contributed by atoms with Gasteiger partial charge in [0.15, 0.2) is 0 Å². The molecule has 0 bridgehead atoms. The predicted octanol–water partition coefficient (Wildman–Crippen LogP) is 4.35. The van der Waals surface area contributed by atoms with Crippen molar-refractivity contribution in [2.75, 3.05) is 56.0 Å². The summed E-state index contributed by atoms with van der Waals surface area (Å²) in [6.07, 6.45) is 6.72. The lowest BCUT2D eigenvalue weighted by Gasteiger charge is -2.38. The molecule has 9 heteroatoms. The zero-order chi connectivity index (χ0) is 22.3. The number of carbonyl (C=O) groups is 1. The Labute approximate surface area is 199 Å². The number of amides is 2. The largest absolute Gasteiger partial charge is 0.368 e. The fourth-order valence-corrected chi connectivity index (χ4v) is 4.80. The van der Waals surface area contributed by atoms with Crippen molar-refractivity contribution in [3.8, 4) is 0 Å².